The summed E-state index contributed by atoms with van der Waals surface area (Å²) in [6.45, 7) is 0.283. The Labute approximate surface area is 229 Å². The number of likely N-dealkylation sites (tertiary alicyclic amines) is 1. The molecule has 4 fully saturated rings. The van der Waals surface area contributed by atoms with E-state index in [1.54, 1.807) is 0 Å². The Balaban J connectivity index is 1.24. The molecule has 2 N–H and O–H groups in total. The molecule has 3 saturated heterocycles. The van der Waals surface area contributed by atoms with Crippen LogP contribution in [0.2, 0.25) is 0 Å². The smallest absolute Gasteiger partial charge is 0.326 e. The van der Waals surface area contributed by atoms with Crippen molar-refractivity contribution in [3.05, 3.63) is 34.6 Å². The van der Waals surface area contributed by atoms with Gasteiger partial charge in [-0.25, -0.2) is 9.78 Å². The van der Waals surface area contributed by atoms with Gasteiger partial charge in [-0.05, 0) is 63.5 Å². The van der Waals surface area contributed by atoms with E-state index in [1.807, 2.05) is 28.8 Å². The number of aromatic nitrogens is 2. The SMILES string of the molecule is O=C(O)C1CCCN1C(=O)CNc1nc2ccccc2n(C2C[C@H]3CC[C@@H](C2)N3C2CCCCCCC2)c1=O. The average Bonchev–Trinajstić information content (AvgIpc) is 3.50. The molecule has 4 heterocycles. The zero-order valence-electron chi connectivity index (χ0n) is 22.8. The molecule has 0 radical (unpaired) electrons. The number of hydrogen-bond acceptors (Lipinski definition) is 6. The molecule has 2 aromatic rings. The van der Waals surface area contributed by atoms with Crippen LogP contribution < -0.4 is 10.9 Å². The topological polar surface area (TPSA) is 108 Å². The molecule has 1 saturated carbocycles. The summed E-state index contributed by atoms with van der Waals surface area (Å²) in [6, 6.07) is 8.77. The number of carbonyl (C=O) groups excluding carboxylic acids is 1. The molecule has 1 aliphatic carbocycles. The molecule has 9 heteroatoms. The summed E-state index contributed by atoms with van der Waals surface area (Å²) in [4.78, 5) is 47.2. The van der Waals surface area contributed by atoms with Crippen molar-refractivity contribution >= 4 is 28.7 Å². The number of piperidine rings is 1. The molecule has 9 nitrogen and oxygen atoms in total. The van der Waals surface area contributed by atoms with Crippen LogP contribution in [0.3, 0.4) is 0 Å². The van der Waals surface area contributed by atoms with Crippen molar-refractivity contribution < 1.29 is 14.7 Å². The van der Waals surface area contributed by atoms with Crippen molar-refractivity contribution in [3.8, 4) is 0 Å². The van der Waals surface area contributed by atoms with Crippen LogP contribution in [0.4, 0.5) is 5.82 Å². The second kappa shape index (κ2) is 11.3. The first kappa shape index (κ1) is 26.3. The fourth-order valence-electron chi connectivity index (χ4n) is 7.94. The van der Waals surface area contributed by atoms with Gasteiger partial charge in [-0.3, -0.25) is 14.5 Å². The number of carbonyl (C=O) groups is 2. The van der Waals surface area contributed by atoms with E-state index in [-0.39, 0.29) is 29.9 Å². The second-order valence-corrected chi connectivity index (χ2v) is 12.0. The molecule has 4 aliphatic rings. The Morgan fingerprint density at radius 3 is 2.28 bits per heavy atom. The molecule has 210 valence electrons. The molecule has 3 aliphatic heterocycles. The van der Waals surface area contributed by atoms with Crippen molar-refractivity contribution in [2.75, 3.05) is 18.4 Å². The normalized spacial score (nSPS) is 28.4. The molecule has 6 rings (SSSR count). The summed E-state index contributed by atoms with van der Waals surface area (Å²) in [5.41, 5.74) is 1.38. The van der Waals surface area contributed by atoms with Crippen LogP contribution in [0.25, 0.3) is 11.0 Å². The predicted octanol–water partition coefficient (Wildman–Crippen LogP) is 4.16. The molecule has 4 atom stereocenters. The summed E-state index contributed by atoms with van der Waals surface area (Å²) in [5, 5.41) is 12.4. The highest BCUT2D eigenvalue weighted by Crippen LogP contribution is 2.44. The van der Waals surface area contributed by atoms with Gasteiger partial charge in [0.05, 0.1) is 17.6 Å². The van der Waals surface area contributed by atoms with E-state index in [9.17, 15) is 19.5 Å². The van der Waals surface area contributed by atoms with E-state index in [0.29, 0.717) is 37.5 Å². The van der Waals surface area contributed by atoms with E-state index in [1.165, 1.54) is 62.7 Å². The fourth-order valence-corrected chi connectivity index (χ4v) is 7.94. The number of amides is 1. The third-order valence-corrected chi connectivity index (χ3v) is 9.69. The molecule has 2 bridgehead atoms. The molecule has 1 amide bonds. The van der Waals surface area contributed by atoms with Crippen molar-refractivity contribution in [2.45, 2.75) is 114 Å². The second-order valence-electron chi connectivity index (χ2n) is 12.0. The quantitative estimate of drug-likeness (QED) is 0.572. The van der Waals surface area contributed by atoms with E-state index < -0.39 is 12.0 Å². The highest BCUT2D eigenvalue weighted by atomic mass is 16.4. The Morgan fingerprint density at radius 1 is 0.872 bits per heavy atom. The van der Waals surface area contributed by atoms with Crippen LogP contribution in [0.1, 0.15) is 89.5 Å². The van der Waals surface area contributed by atoms with Crippen molar-refractivity contribution in [3.63, 3.8) is 0 Å². The highest BCUT2D eigenvalue weighted by Gasteiger charge is 2.44. The summed E-state index contributed by atoms with van der Waals surface area (Å²) in [7, 11) is 0. The minimum atomic E-state index is -0.979. The van der Waals surface area contributed by atoms with Crippen LogP contribution in [-0.4, -0.2) is 73.6 Å². The van der Waals surface area contributed by atoms with Crippen molar-refractivity contribution in [1.29, 1.82) is 0 Å². The van der Waals surface area contributed by atoms with Gasteiger partial charge in [0.15, 0.2) is 5.82 Å². The minimum Gasteiger partial charge on any atom is -0.480 e. The van der Waals surface area contributed by atoms with Gasteiger partial charge in [-0.15, -0.1) is 0 Å². The van der Waals surface area contributed by atoms with E-state index in [4.69, 9.17) is 0 Å². The van der Waals surface area contributed by atoms with Crippen LogP contribution in [0.5, 0.6) is 0 Å². The standard InChI is InChI=1S/C30H41N5O4/c36-27(33-16-8-13-26(33)30(38)39)19-31-28-29(37)35(25-12-7-6-11-24(25)32-28)23-17-21-14-15-22(18-23)34(21)20-9-4-2-1-3-5-10-20/h6-7,11-12,20-23,26H,1-5,8-10,13-19H2,(H,31,32)(H,38,39)/t21-,22+,23?,26?. The van der Waals surface area contributed by atoms with Gasteiger partial charge in [0.25, 0.3) is 5.56 Å². The van der Waals surface area contributed by atoms with Gasteiger partial charge >= 0.3 is 5.97 Å². The number of nitrogens with zero attached hydrogens (tertiary/aromatic N) is 4. The van der Waals surface area contributed by atoms with E-state index in [2.05, 4.69) is 15.2 Å². The zero-order chi connectivity index (χ0) is 26.9. The number of para-hydroxylation sites is 2. The molecular formula is C30H41N5O4. The number of fused-ring (bicyclic) bond motifs is 3. The van der Waals surface area contributed by atoms with Gasteiger partial charge in [-0.2, -0.15) is 0 Å². The lowest BCUT2D eigenvalue weighted by molar-refractivity contribution is -0.147. The number of nitrogens with one attached hydrogen (secondary N) is 1. The molecule has 39 heavy (non-hydrogen) atoms. The number of anilines is 1. The number of benzene rings is 1. The molecule has 2 unspecified atom stereocenters. The first-order valence-corrected chi connectivity index (χ1v) is 15.1. The van der Waals surface area contributed by atoms with Gasteiger partial charge in [0.1, 0.15) is 6.04 Å². The largest absolute Gasteiger partial charge is 0.480 e. The summed E-state index contributed by atoms with van der Waals surface area (Å²) >= 11 is 0. The highest BCUT2D eigenvalue weighted by molar-refractivity contribution is 5.87. The number of carboxylic acids is 1. The number of carboxylic acid groups (broad SMARTS) is 1. The lowest BCUT2D eigenvalue weighted by Gasteiger charge is -2.45. The zero-order valence-corrected chi connectivity index (χ0v) is 22.8. The first-order chi connectivity index (χ1) is 19.0. The van der Waals surface area contributed by atoms with Gasteiger partial charge < -0.3 is 19.9 Å². The van der Waals surface area contributed by atoms with E-state index >= 15 is 0 Å². The predicted molar refractivity (Wildman–Crippen MR) is 150 cm³/mol. The first-order valence-electron chi connectivity index (χ1n) is 15.1. The number of hydrogen-bond donors (Lipinski definition) is 2. The molecular weight excluding hydrogens is 494 g/mol. The third-order valence-electron chi connectivity index (χ3n) is 9.69. The number of rotatable bonds is 6. The summed E-state index contributed by atoms with van der Waals surface area (Å²) in [6.07, 6.45) is 14.8. The maximum atomic E-state index is 13.9. The monoisotopic (exact) mass is 535 g/mol. The molecule has 1 aromatic carbocycles. The van der Waals surface area contributed by atoms with Crippen molar-refractivity contribution in [1.82, 2.24) is 19.4 Å². The van der Waals surface area contributed by atoms with Crippen LogP contribution in [0.15, 0.2) is 29.1 Å². The number of aliphatic carboxylic acids is 1. The Hall–Kier alpha value is -2.94. The Kier molecular flexibility index (Phi) is 7.60. The average molecular weight is 536 g/mol. The van der Waals surface area contributed by atoms with Gasteiger partial charge in [0.2, 0.25) is 5.91 Å². The van der Waals surface area contributed by atoms with Crippen LogP contribution in [-0.2, 0) is 9.59 Å². The lowest BCUT2D eigenvalue weighted by atomic mass is 9.89. The summed E-state index contributed by atoms with van der Waals surface area (Å²) < 4.78 is 1.94. The maximum Gasteiger partial charge on any atom is 0.326 e. The van der Waals surface area contributed by atoms with E-state index in [0.717, 1.165) is 23.9 Å². The maximum absolute atomic E-state index is 13.9. The molecule has 0 spiro atoms. The third kappa shape index (κ3) is 5.17. The van der Waals surface area contributed by atoms with Crippen LogP contribution >= 0.6 is 0 Å². The van der Waals surface area contributed by atoms with Gasteiger partial charge in [-0.1, -0.05) is 44.2 Å². The van der Waals surface area contributed by atoms with Crippen molar-refractivity contribution in [2.24, 2.45) is 0 Å². The Morgan fingerprint density at radius 2 is 1.56 bits per heavy atom. The fraction of sp³-hybridized carbons (Fsp3) is 0.667. The van der Waals surface area contributed by atoms with Crippen LogP contribution in [0, 0.1) is 0 Å². The lowest BCUT2D eigenvalue weighted by Crippen LogP contribution is -2.50. The Bertz CT molecular complexity index is 1260. The summed E-state index contributed by atoms with van der Waals surface area (Å²) in [5.74, 6) is -1.12. The molecule has 1 aromatic heterocycles. The minimum absolute atomic E-state index is 0.0962. The van der Waals surface area contributed by atoms with Gasteiger partial charge in [0, 0.05) is 30.7 Å².